The van der Waals surface area contributed by atoms with Crippen molar-refractivity contribution in [2.24, 2.45) is 0 Å². The van der Waals surface area contributed by atoms with Gasteiger partial charge in [-0.1, -0.05) is 25.0 Å². The van der Waals surface area contributed by atoms with Gasteiger partial charge in [-0.2, -0.15) is 0 Å². The minimum absolute atomic E-state index is 0.179. The van der Waals surface area contributed by atoms with E-state index in [-0.39, 0.29) is 5.54 Å². The molecule has 2 heteroatoms. The molecule has 0 radical (unpaired) electrons. The summed E-state index contributed by atoms with van der Waals surface area (Å²) >= 11 is 0. The first-order chi connectivity index (χ1) is 9.46. The Morgan fingerprint density at radius 1 is 1.10 bits per heavy atom. The average molecular weight is 274 g/mol. The van der Waals surface area contributed by atoms with Crippen LogP contribution >= 0.6 is 0 Å². The number of rotatable bonds is 3. The molecule has 1 saturated heterocycles. The van der Waals surface area contributed by atoms with Crippen molar-refractivity contribution in [3.8, 4) is 0 Å². The molecule has 1 aromatic carbocycles. The van der Waals surface area contributed by atoms with E-state index in [0.717, 1.165) is 6.54 Å². The van der Waals surface area contributed by atoms with Crippen molar-refractivity contribution in [2.75, 3.05) is 11.4 Å². The Hall–Kier alpha value is -1.02. The standard InChI is InChI=1S/C18H30N2/c1-15-8-6-5-7-13-20(15)17-11-9-16(10-12-17)14-19-18(2,3)4/h9-12,15,19H,5-8,13-14H2,1-4H3. The van der Waals surface area contributed by atoms with Crippen LogP contribution in [0, 0.1) is 0 Å². The molecule has 1 atom stereocenters. The van der Waals surface area contributed by atoms with Crippen LogP contribution in [-0.2, 0) is 6.54 Å². The first-order valence-corrected chi connectivity index (χ1v) is 8.06. The van der Waals surface area contributed by atoms with Crippen LogP contribution in [0.25, 0.3) is 0 Å². The van der Waals surface area contributed by atoms with Crippen molar-refractivity contribution in [3.05, 3.63) is 29.8 Å². The molecule has 0 bridgehead atoms. The molecule has 112 valence electrons. The average Bonchev–Trinajstić information content (AvgIpc) is 2.61. The van der Waals surface area contributed by atoms with Crippen LogP contribution in [0.15, 0.2) is 24.3 Å². The lowest BCUT2D eigenvalue weighted by Gasteiger charge is -2.29. The maximum absolute atomic E-state index is 3.54. The molecule has 1 unspecified atom stereocenters. The van der Waals surface area contributed by atoms with E-state index in [1.165, 1.54) is 43.5 Å². The van der Waals surface area contributed by atoms with E-state index >= 15 is 0 Å². The van der Waals surface area contributed by atoms with Gasteiger partial charge in [-0.05, 0) is 58.2 Å². The van der Waals surface area contributed by atoms with Crippen LogP contribution in [0.2, 0.25) is 0 Å². The predicted molar refractivity (Wildman–Crippen MR) is 88.3 cm³/mol. The topological polar surface area (TPSA) is 15.3 Å². The number of hydrogen-bond acceptors (Lipinski definition) is 2. The highest BCUT2D eigenvalue weighted by Gasteiger charge is 2.17. The van der Waals surface area contributed by atoms with Crippen molar-refractivity contribution in [1.29, 1.82) is 0 Å². The third kappa shape index (κ3) is 4.52. The van der Waals surface area contributed by atoms with Gasteiger partial charge in [-0.3, -0.25) is 0 Å². The fourth-order valence-corrected chi connectivity index (χ4v) is 2.83. The molecule has 0 spiro atoms. The molecule has 0 amide bonds. The summed E-state index contributed by atoms with van der Waals surface area (Å²) in [5.74, 6) is 0. The second kappa shape index (κ2) is 6.62. The minimum Gasteiger partial charge on any atom is -0.369 e. The Bertz CT molecular complexity index is 402. The van der Waals surface area contributed by atoms with Crippen LogP contribution in [0.4, 0.5) is 5.69 Å². The summed E-state index contributed by atoms with van der Waals surface area (Å²) in [5, 5.41) is 3.54. The molecule has 2 nitrogen and oxygen atoms in total. The van der Waals surface area contributed by atoms with E-state index in [2.05, 4.69) is 62.2 Å². The molecule has 1 aromatic rings. The molecule has 2 rings (SSSR count). The molecule has 0 aliphatic carbocycles. The molecule has 0 saturated carbocycles. The quantitative estimate of drug-likeness (QED) is 0.882. The first kappa shape index (κ1) is 15.4. The van der Waals surface area contributed by atoms with Crippen molar-refractivity contribution in [3.63, 3.8) is 0 Å². The minimum atomic E-state index is 0.179. The zero-order valence-electron chi connectivity index (χ0n) is 13.6. The summed E-state index contributed by atoms with van der Waals surface area (Å²) in [7, 11) is 0. The van der Waals surface area contributed by atoms with Crippen LogP contribution in [0.3, 0.4) is 0 Å². The van der Waals surface area contributed by atoms with Crippen LogP contribution in [0.5, 0.6) is 0 Å². The largest absolute Gasteiger partial charge is 0.369 e. The maximum Gasteiger partial charge on any atom is 0.0368 e. The second-order valence-corrected chi connectivity index (χ2v) is 7.16. The number of benzene rings is 1. The summed E-state index contributed by atoms with van der Waals surface area (Å²) in [5.41, 5.74) is 2.93. The lowest BCUT2D eigenvalue weighted by molar-refractivity contribution is 0.424. The zero-order valence-corrected chi connectivity index (χ0v) is 13.6. The van der Waals surface area contributed by atoms with Crippen LogP contribution in [-0.4, -0.2) is 18.1 Å². The molecular weight excluding hydrogens is 244 g/mol. The monoisotopic (exact) mass is 274 g/mol. The predicted octanol–water partition coefficient (Wildman–Crippen LogP) is 4.34. The highest BCUT2D eigenvalue weighted by Crippen LogP contribution is 2.24. The molecule has 1 N–H and O–H groups in total. The van der Waals surface area contributed by atoms with Gasteiger partial charge in [0, 0.05) is 30.4 Å². The second-order valence-electron chi connectivity index (χ2n) is 7.16. The van der Waals surface area contributed by atoms with E-state index in [9.17, 15) is 0 Å². The lowest BCUT2D eigenvalue weighted by atomic mass is 10.1. The van der Waals surface area contributed by atoms with Crippen molar-refractivity contribution in [2.45, 2.75) is 71.5 Å². The van der Waals surface area contributed by atoms with Crippen LogP contribution in [0.1, 0.15) is 58.9 Å². The normalized spacial score (nSPS) is 20.8. The van der Waals surface area contributed by atoms with E-state index < -0.39 is 0 Å². The fourth-order valence-electron chi connectivity index (χ4n) is 2.83. The molecule has 1 heterocycles. The van der Waals surface area contributed by atoms with E-state index in [1.807, 2.05) is 0 Å². The number of nitrogens with one attached hydrogen (secondary N) is 1. The Kier molecular flexibility index (Phi) is 5.09. The van der Waals surface area contributed by atoms with Crippen molar-refractivity contribution < 1.29 is 0 Å². The molecule has 0 aromatic heterocycles. The maximum atomic E-state index is 3.54. The molecule has 1 aliphatic rings. The molecule has 20 heavy (non-hydrogen) atoms. The molecular formula is C18H30N2. The summed E-state index contributed by atoms with van der Waals surface area (Å²) < 4.78 is 0. The summed E-state index contributed by atoms with van der Waals surface area (Å²) in [4.78, 5) is 2.58. The van der Waals surface area contributed by atoms with E-state index in [4.69, 9.17) is 0 Å². The van der Waals surface area contributed by atoms with Crippen molar-refractivity contribution >= 4 is 5.69 Å². The SMILES string of the molecule is CC1CCCCCN1c1ccc(CNC(C)(C)C)cc1. The van der Waals surface area contributed by atoms with E-state index in [0.29, 0.717) is 6.04 Å². The van der Waals surface area contributed by atoms with Gasteiger partial charge in [0.05, 0.1) is 0 Å². The van der Waals surface area contributed by atoms with Gasteiger partial charge in [-0.25, -0.2) is 0 Å². The molecule has 1 fully saturated rings. The van der Waals surface area contributed by atoms with Gasteiger partial charge in [-0.15, -0.1) is 0 Å². The Balaban J connectivity index is 2.00. The van der Waals surface area contributed by atoms with Gasteiger partial charge in [0.25, 0.3) is 0 Å². The van der Waals surface area contributed by atoms with Gasteiger partial charge in [0.2, 0.25) is 0 Å². The first-order valence-electron chi connectivity index (χ1n) is 8.06. The Morgan fingerprint density at radius 2 is 1.80 bits per heavy atom. The summed E-state index contributed by atoms with van der Waals surface area (Å²) in [6, 6.07) is 9.80. The number of anilines is 1. The Morgan fingerprint density at radius 3 is 2.45 bits per heavy atom. The number of nitrogens with zero attached hydrogens (tertiary/aromatic N) is 1. The number of hydrogen-bond donors (Lipinski definition) is 1. The highest BCUT2D eigenvalue weighted by atomic mass is 15.2. The zero-order chi connectivity index (χ0) is 14.6. The lowest BCUT2D eigenvalue weighted by Crippen LogP contribution is -2.35. The third-order valence-electron chi connectivity index (χ3n) is 4.14. The fraction of sp³-hybridized carbons (Fsp3) is 0.667. The van der Waals surface area contributed by atoms with Crippen molar-refractivity contribution in [1.82, 2.24) is 5.32 Å². The Labute approximate surface area is 124 Å². The summed E-state index contributed by atoms with van der Waals surface area (Å²) in [6.45, 7) is 11.1. The smallest absolute Gasteiger partial charge is 0.0368 e. The molecule has 1 aliphatic heterocycles. The third-order valence-corrected chi connectivity index (χ3v) is 4.14. The van der Waals surface area contributed by atoms with Gasteiger partial charge in [0.15, 0.2) is 0 Å². The van der Waals surface area contributed by atoms with Gasteiger partial charge in [0.1, 0.15) is 0 Å². The highest BCUT2D eigenvalue weighted by molar-refractivity contribution is 5.48. The van der Waals surface area contributed by atoms with E-state index in [1.54, 1.807) is 0 Å². The van der Waals surface area contributed by atoms with Gasteiger partial charge >= 0.3 is 0 Å². The van der Waals surface area contributed by atoms with Crippen LogP contribution < -0.4 is 10.2 Å². The summed E-state index contributed by atoms with van der Waals surface area (Å²) in [6.07, 6.45) is 5.42. The van der Waals surface area contributed by atoms with Gasteiger partial charge < -0.3 is 10.2 Å².